The van der Waals surface area contributed by atoms with Gasteiger partial charge in [0.1, 0.15) is 5.58 Å². The maximum absolute atomic E-state index is 13.7. The first kappa shape index (κ1) is 22.9. The van der Waals surface area contributed by atoms with Gasteiger partial charge in [-0.2, -0.15) is 0 Å². The molecule has 1 aliphatic rings. The summed E-state index contributed by atoms with van der Waals surface area (Å²) in [4.78, 5) is 31.2. The second-order valence-corrected chi connectivity index (χ2v) is 8.22. The molecule has 0 fully saturated rings. The molecule has 33 heavy (non-hydrogen) atoms. The molecule has 2 aromatic carbocycles. The number of amides is 1. The first-order valence-corrected chi connectivity index (χ1v) is 11.3. The lowest BCUT2D eigenvalue weighted by Gasteiger charge is -2.28. The van der Waals surface area contributed by atoms with Crippen LogP contribution in [0.2, 0.25) is 0 Å². The van der Waals surface area contributed by atoms with E-state index in [0.717, 1.165) is 24.2 Å². The summed E-state index contributed by atoms with van der Waals surface area (Å²) in [6.45, 7) is 9.05. The molecule has 0 spiro atoms. The Kier molecular flexibility index (Phi) is 6.42. The molecule has 4 rings (SSSR count). The molecule has 3 aromatic rings. The molecular weight excluding hydrogens is 420 g/mol. The predicted octanol–water partition coefficient (Wildman–Crippen LogP) is 4.01. The van der Waals surface area contributed by atoms with Crippen molar-refractivity contribution in [3.8, 4) is 11.5 Å². The summed E-state index contributed by atoms with van der Waals surface area (Å²) < 4.78 is 16.9. The van der Waals surface area contributed by atoms with Gasteiger partial charge in [0.05, 0.1) is 31.2 Å². The Bertz CT molecular complexity index is 1250. The van der Waals surface area contributed by atoms with Gasteiger partial charge in [0.25, 0.3) is 5.91 Å². The Balaban J connectivity index is 1.90. The molecule has 0 unspecified atom stereocenters. The highest BCUT2D eigenvalue weighted by atomic mass is 16.5. The van der Waals surface area contributed by atoms with Crippen LogP contribution in [-0.2, 0) is 0 Å². The van der Waals surface area contributed by atoms with E-state index in [1.165, 1.54) is 0 Å². The first-order valence-electron chi connectivity index (χ1n) is 11.3. The molecule has 0 saturated heterocycles. The maximum atomic E-state index is 13.7. The fourth-order valence-corrected chi connectivity index (χ4v) is 4.52. The number of ether oxygens (including phenoxy) is 2. The third-order valence-corrected chi connectivity index (χ3v) is 6.40. The van der Waals surface area contributed by atoms with Crippen molar-refractivity contribution in [1.29, 1.82) is 0 Å². The number of carbonyl (C=O) groups excluding carboxylic acids is 1. The van der Waals surface area contributed by atoms with Crippen molar-refractivity contribution in [2.45, 2.75) is 26.8 Å². The second kappa shape index (κ2) is 9.27. The second-order valence-electron chi connectivity index (χ2n) is 8.22. The lowest BCUT2D eigenvalue weighted by atomic mass is 9.97. The Morgan fingerprint density at radius 3 is 2.39 bits per heavy atom. The quantitative estimate of drug-likeness (QED) is 0.517. The average molecular weight is 451 g/mol. The molecule has 7 nitrogen and oxygen atoms in total. The molecule has 174 valence electrons. The largest absolute Gasteiger partial charge is 0.493 e. The van der Waals surface area contributed by atoms with E-state index in [1.54, 1.807) is 31.3 Å². The summed E-state index contributed by atoms with van der Waals surface area (Å²) in [6.07, 6.45) is 0. The number of rotatable bonds is 8. The number of aryl methyl sites for hydroxylation is 1. The molecule has 0 radical (unpaired) electrons. The normalized spacial score (nSPS) is 15.4. The van der Waals surface area contributed by atoms with Gasteiger partial charge in [-0.05, 0) is 49.8 Å². The zero-order valence-electron chi connectivity index (χ0n) is 19.8. The highest BCUT2D eigenvalue weighted by Gasteiger charge is 2.42. The summed E-state index contributed by atoms with van der Waals surface area (Å²) in [5.41, 5.74) is 2.37. The van der Waals surface area contributed by atoms with Crippen LogP contribution in [0.25, 0.3) is 11.0 Å². The molecule has 0 saturated carbocycles. The van der Waals surface area contributed by atoms with E-state index in [4.69, 9.17) is 13.9 Å². The van der Waals surface area contributed by atoms with Gasteiger partial charge in [0.2, 0.25) is 5.76 Å². The van der Waals surface area contributed by atoms with Crippen LogP contribution in [-0.4, -0.2) is 56.1 Å². The summed E-state index contributed by atoms with van der Waals surface area (Å²) in [6, 6.07) is 10.4. The van der Waals surface area contributed by atoms with Crippen molar-refractivity contribution < 1.29 is 18.7 Å². The zero-order valence-corrected chi connectivity index (χ0v) is 19.8. The van der Waals surface area contributed by atoms with E-state index in [-0.39, 0.29) is 17.1 Å². The number of hydrogen-bond donors (Lipinski definition) is 0. The lowest BCUT2D eigenvalue weighted by Crippen LogP contribution is -2.37. The summed E-state index contributed by atoms with van der Waals surface area (Å²) in [7, 11) is 3.14. The van der Waals surface area contributed by atoms with Crippen molar-refractivity contribution >= 4 is 16.9 Å². The molecular formula is C26H30N2O5. The minimum atomic E-state index is -0.566. The highest BCUT2D eigenvalue weighted by molar-refractivity contribution is 5.99. The Hall–Kier alpha value is -3.32. The molecule has 1 aliphatic heterocycles. The third-order valence-electron chi connectivity index (χ3n) is 6.40. The van der Waals surface area contributed by atoms with E-state index in [0.29, 0.717) is 41.1 Å². The van der Waals surface area contributed by atoms with Crippen molar-refractivity contribution in [3.63, 3.8) is 0 Å². The molecule has 1 aromatic heterocycles. The first-order chi connectivity index (χ1) is 15.9. The van der Waals surface area contributed by atoms with Crippen LogP contribution in [0.3, 0.4) is 0 Å². The minimum Gasteiger partial charge on any atom is -0.493 e. The number of carbonyl (C=O) groups is 1. The highest BCUT2D eigenvalue weighted by Crippen LogP contribution is 2.40. The van der Waals surface area contributed by atoms with Crippen LogP contribution in [0.15, 0.2) is 45.6 Å². The number of hydrogen-bond acceptors (Lipinski definition) is 6. The standard InChI is InChI=1S/C26H30N2O5/c1-6-27(7-2)12-13-28-23(17-9-11-20(31-4)21(15-17)32-5)22-24(29)18-14-16(3)8-10-19(18)33-25(22)26(28)30/h8-11,14-15,23H,6-7,12-13H2,1-5H3/t23-/m0/s1. The predicted molar refractivity (Wildman–Crippen MR) is 127 cm³/mol. The lowest BCUT2D eigenvalue weighted by molar-refractivity contribution is 0.0708. The maximum Gasteiger partial charge on any atom is 0.290 e. The molecule has 0 bridgehead atoms. The number of benzene rings is 2. The third kappa shape index (κ3) is 3.97. The summed E-state index contributed by atoms with van der Waals surface area (Å²) in [5, 5.41) is 0.484. The number of nitrogens with zero attached hydrogens (tertiary/aromatic N) is 2. The number of methoxy groups -OCH3 is 2. The van der Waals surface area contributed by atoms with Crippen molar-refractivity contribution in [2.75, 3.05) is 40.4 Å². The fraction of sp³-hybridized carbons (Fsp3) is 0.385. The number of likely N-dealkylation sites (N-methyl/N-ethyl adjacent to an activating group) is 1. The molecule has 1 atom stereocenters. The Labute approximate surface area is 193 Å². The van der Waals surface area contributed by atoms with Crippen LogP contribution in [0.4, 0.5) is 0 Å². The Morgan fingerprint density at radius 1 is 1.00 bits per heavy atom. The van der Waals surface area contributed by atoms with Crippen LogP contribution < -0.4 is 14.9 Å². The minimum absolute atomic E-state index is 0.121. The van der Waals surface area contributed by atoms with Gasteiger partial charge in [-0.15, -0.1) is 0 Å². The molecule has 0 N–H and O–H groups in total. The van der Waals surface area contributed by atoms with Gasteiger partial charge in [0.15, 0.2) is 16.9 Å². The Morgan fingerprint density at radius 2 is 1.73 bits per heavy atom. The van der Waals surface area contributed by atoms with Gasteiger partial charge in [0, 0.05) is 13.1 Å². The number of fused-ring (bicyclic) bond motifs is 2. The molecule has 7 heteroatoms. The molecule has 2 heterocycles. The summed E-state index contributed by atoms with van der Waals surface area (Å²) >= 11 is 0. The van der Waals surface area contributed by atoms with Gasteiger partial charge < -0.3 is 23.7 Å². The topological polar surface area (TPSA) is 72.2 Å². The average Bonchev–Trinajstić information content (AvgIpc) is 3.11. The van der Waals surface area contributed by atoms with Gasteiger partial charge in [-0.25, -0.2) is 0 Å². The van der Waals surface area contributed by atoms with Crippen molar-refractivity contribution in [2.24, 2.45) is 0 Å². The van der Waals surface area contributed by atoms with Gasteiger partial charge >= 0.3 is 0 Å². The van der Waals surface area contributed by atoms with E-state index in [9.17, 15) is 9.59 Å². The zero-order chi connectivity index (χ0) is 23.7. The van der Waals surface area contributed by atoms with Crippen LogP contribution in [0, 0.1) is 6.92 Å². The van der Waals surface area contributed by atoms with E-state index >= 15 is 0 Å². The SMILES string of the molecule is CCN(CC)CCN1C(=O)c2oc3ccc(C)cc3c(=O)c2[C@@H]1c1ccc(OC)c(OC)c1. The van der Waals surface area contributed by atoms with E-state index < -0.39 is 6.04 Å². The van der Waals surface area contributed by atoms with E-state index in [2.05, 4.69) is 18.7 Å². The summed E-state index contributed by atoms with van der Waals surface area (Å²) in [5.74, 6) is 0.981. The van der Waals surface area contributed by atoms with Crippen LogP contribution >= 0.6 is 0 Å². The molecule has 1 amide bonds. The van der Waals surface area contributed by atoms with Gasteiger partial charge in [-0.1, -0.05) is 31.5 Å². The van der Waals surface area contributed by atoms with E-state index in [1.807, 2.05) is 31.2 Å². The fourth-order valence-electron chi connectivity index (χ4n) is 4.52. The van der Waals surface area contributed by atoms with Crippen molar-refractivity contribution in [3.05, 3.63) is 69.1 Å². The van der Waals surface area contributed by atoms with Crippen LogP contribution in [0.1, 0.15) is 47.1 Å². The smallest absolute Gasteiger partial charge is 0.290 e. The van der Waals surface area contributed by atoms with Gasteiger partial charge in [-0.3, -0.25) is 9.59 Å². The molecule has 0 aliphatic carbocycles. The monoisotopic (exact) mass is 450 g/mol. The van der Waals surface area contributed by atoms with Crippen molar-refractivity contribution in [1.82, 2.24) is 9.80 Å². The van der Waals surface area contributed by atoms with Crippen LogP contribution in [0.5, 0.6) is 11.5 Å².